The van der Waals surface area contributed by atoms with E-state index in [2.05, 4.69) is 28.5 Å². The van der Waals surface area contributed by atoms with E-state index >= 15 is 0 Å². The minimum atomic E-state index is -0.0993. The van der Waals surface area contributed by atoms with E-state index in [0.717, 1.165) is 24.1 Å². The van der Waals surface area contributed by atoms with E-state index in [1.54, 1.807) is 24.5 Å². The highest BCUT2D eigenvalue weighted by Crippen LogP contribution is 2.12. The summed E-state index contributed by atoms with van der Waals surface area (Å²) in [7, 11) is 0. The molecule has 1 aromatic heterocycles. The number of hydrogen-bond acceptors (Lipinski definition) is 2. The second-order valence-corrected chi connectivity index (χ2v) is 5.38. The first kappa shape index (κ1) is 15.0. The summed E-state index contributed by atoms with van der Waals surface area (Å²) >= 11 is 0. The number of rotatable bonds is 5. The molecule has 0 fully saturated rings. The van der Waals surface area contributed by atoms with Gasteiger partial charge in [0.05, 0.1) is 0 Å². The van der Waals surface area contributed by atoms with E-state index in [1.165, 1.54) is 5.56 Å². The minimum Gasteiger partial charge on any atom is -0.322 e. The van der Waals surface area contributed by atoms with E-state index in [9.17, 15) is 4.79 Å². The highest BCUT2D eigenvalue weighted by atomic mass is 16.1. The molecule has 1 N–H and O–H groups in total. The zero-order chi connectivity index (χ0) is 15.9. The van der Waals surface area contributed by atoms with Gasteiger partial charge in [0.2, 0.25) is 0 Å². The molecule has 1 heterocycles. The third kappa shape index (κ3) is 4.27. The summed E-state index contributed by atoms with van der Waals surface area (Å²) in [6.45, 7) is 0. The predicted molar refractivity (Wildman–Crippen MR) is 92.5 cm³/mol. The molecule has 0 spiro atoms. The number of carbonyl (C=O) groups excluding carboxylic acids is 1. The molecule has 114 valence electrons. The van der Waals surface area contributed by atoms with E-state index in [1.807, 2.05) is 36.4 Å². The second-order valence-electron chi connectivity index (χ2n) is 5.38. The summed E-state index contributed by atoms with van der Waals surface area (Å²) in [5, 5.41) is 2.88. The van der Waals surface area contributed by atoms with Crippen molar-refractivity contribution in [3.63, 3.8) is 0 Å². The fourth-order valence-corrected chi connectivity index (χ4v) is 2.44. The number of hydrogen-bond donors (Lipinski definition) is 1. The zero-order valence-electron chi connectivity index (χ0n) is 12.8. The van der Waals surface area contributed by atoms with Crippen molar-refractivity contribution in [1.82, 2.24) is 4.98 Å². The summed E-state index contributed by atoms with van der Waals surface area (Å²) in [6, 6.07) is 21.7. The van der Waals surface area contributed by atoms with Crippen molar-refractivity contribution in [1.29, 1.82) is 0 Å². The number of nitrogens with zero attached hydrogens (tertiary/aromatic N) is 1. The summed E-state index contributed by atoms with van der Waals surface area (Å²) in [5.74, 6) is -0.0993. The standard InChI is InChI=1S/C20H18N2O/c23-20(22-19-11-13-21-14-12-19)18-8-4-7-17(15-18)10-9-16-5-2-1-3-6-16/h1-8,11-15H,9-10H2,(H,21,22,23). The van der Waals surface area contributed by atoms with Crippen LogP contribution in [-0.2, 0) is 12.8 Å². The lowest BCUT2D eigenvalue weighted by molar-refractivity contribution is 0.102. The molecule has 3 nitrogen and oxygen atoms in total. The molecule has 3 aromatic rings. The smallest absolute Gasteiger partial charge is 0.255 e. The Morgan fingerprint density at radius 3 is 2.30 bits per heavy atom. The van der Waals surface area contributed by atoms with Crippen molar-refractivity contribution >= 4 is 11.6 Å². The van der Waals surface area contributed by atoms with Crippen LogP contribution in [0, 0.1) is 0 Å². The van der Waals surface area contributed by atoms with Crippen LogP contribution in [0.4, 0.5) is 5.69 Å². The SMILES string of the molecule is O=C(Nc1ccncc1)c1cccc(CCc2ccccc2)c1. The van der Waals surface area contributed by atoms with Crippen molar-refractivity contribution in [2.45, 2.75) is 12.8 Å². The molecule has 0 atom stereocenters. The number of amides is 1. The maximum atomic E-state index is 12.3. The predicted octanol–water partition coefficient (Wildman–Crippen LogP) is 4.12. The monoisotopic (exact) mass is 302 g/mol. The van der Waals surface area contributed by atoms with Gasteiger partial charge in [-0.25, -0.2) is 0 Å². The molecule has 0 aliphatic rings. The lowest BCUT2D eigenvalue weighted by Gasteiger charge is -2.07. The number of pyridine rings is 1. The fraction of sp³-hybridized carbons (Fsp3) is 0.100. The van der Waals surface area contributed by atoms with Crippen molar-refractivity contribution in [2.75, 3.05) is 5.32 Å². The first-order valence-electron chi connectivity index (χ1n) is 7.65. The van der Waals surface area contributed by atoms with E-state index in [0.29, 0.717) is 5.56 Å². The fourth-order valence-electron chi connectivity index (χ4n) is 2.44. The van der Waals surface area contributed by atoms with E-state index < -0.39 is 0 Å². The van der Waals surface area contributed by atoms with Crippen LogP contribution in [0.5, 0.6) is 0 Å². The van der Waals surface area contributed by atoms with Crippen molar-refractivity contribution in [2.24, 2.45) is 0 Å². The number of aromatic nitrogens is 1. The van der Waals surface area contributed by atoms with Crippen LogP contribution in [-0.4, -0.2) is 10.9 Å². The van der Waals surface area contributed by atoms with E-state index in [4.69, 9.17) is 0 Å². The maximum Gasteiger partial charge on any atom is 0.255 e. The van der Waals surface area contributed by atoms with Crippen molar-refractivity contribution in [3.05, 3.63) is 95.8 Å². The third-order valence-corrected chi connectivity index (χ3v) is 3.67. The molecular formula is C20H18N2O. The maximum absolute atomic E-state index is 12.3. The van der Waals surface area contributed by atoms with E-state index in [-0.39, 0.29) is 5.91 Å². The minimum absolute atomic E-state index is 0.0993. The lowest BCUT2D eigenvalue weighted by Crippen LogP contribution is -2.12. The van der Waals surface area contributed by atoms with Crippen molar-refractivity contribution < 1.29 is 4.79 Å². The topological polar surface area (TPSA) is 42.0 Å². The molecule has 0 radical (unpaired) electrons. The largest absolute Gasteiger partial charge is 0.322 e. The first-order valence-corrected chi connectivity index (χ1v) is 7.65. The Balaban J connectivity index is 1.66. The van der Waals surface area contributed by atoms with Gasteiger partial charge in [-0.15, -0.1) is 0 Å². The molecule has 0 aliphatic carbocycles. The first-order chi connectivity index (χ1) is 11.3. The van der Waals surface area contributed by atoms with Gasteiger partial charge in [0.1, 0.15) is 0 Å². The van der Waals surface area contributed by atoms with Crippen LogP contribution in [0.3, 0.4) is 0 Å². The Kier molecular flexibility index (Phi) is 4.79. The summed E-state index contributed by atoms with van der Waals surface area (Å²) in [4.78, 5) is 16.3. The highest BCUT2D eigenvalue weighted by Gasteiger charge is 2.06. The molecule has 0 saturated carbocycles. The number of aryl methyl sites for hydroxylation is 2. The highest BCUT2D eigenvalue weighted by molar-refractivity contribution is 6.04. The van der Waals surface area contributed by atoms with Crippen molar-refractivity contribution in [3.8, 4) is 0 Å². The number of anilines is 1. The molecule has 2 aromatic carbocycles. The van der Waals surface area contributed by atoms with Crippen LogP contribution in [0.2, 0.25) is 0 Å². The Morgan fingerprint density at radius 1 is 0.826 bits per heavy atom. The third-order valence-electron chi connectivity index (χ3n) is 3.67. The van der Waals surface area contributed by atoms with Gasteiger partial charge in [-0.1, -0.05) is 42.5 Å². The van der Waals surface area contributed by atoms with Crippen LogP contribution < -0.4 is 5.32 Å². The molecule has 3 heteroatoms. The second kappa shape index (κ2) is 7.36. The molecule has 0 aliphatic heterocycles. The number of carbonyl (C=O) groups is 1. The van der Waals surface area contributed by atoms with Crippen LogP contribution >= 0.6 is 0 Å². The Hall–Kier alpha value is -2.94. The summed E-state index contributed by atoms with van der Waals surface area (Å²) in [6.07, 6.45) is 5.20. The molecule has 3 rings (SSSR count). The van der Waals surface area contributed by atoms with Gasteiger partial charge >= 0.3 is 0 Å². The van der Waals surface area contributed by atoms with Crippen LogP contribution in [0.1, 0.15) is 21.5 Å². The lowest BCUT2D eigenvalue weighted by atomic mass is 10.0. The number of nitrogens with one attached hydrogen (secondary N) is 1. The van der Waals surface area contributed by atoms with Gasteiger partial charge in [-0.3, -0.25) is 9.78 Å². The Bertz CT molecular complexity index is 770. The normalized spacial score (nSPS) is 10.3. The van der Waals surface area contributed by atoms with Gasteiger partial charge in [-0.2, -0.15) is 0 Å². The summed E-state index contributed by atoms with van der Waals surface area (Å²) in [5.41, 5.74) is 3.89. The van der Waals surface area contributed by atoms with Gasteiger partial charge in [0, 0.05) is 23.6 Å². The Labute approximate surface area is 136 Å². The Morgan fingerprint density at radius 2 is 1.52 bits per heavy atom. The van der Waals surface area contributed by atoms with Gasteiger partial charge < -0.3 is 5.32 Å². The number of benzene rings is 2. The van der Waals surface area contributed by atoms with Crippen LogP contribution in [0.25, 0.3) is 0 Å². The van der Waals surface area contributed by atoms with Gasteiger partial charge in [0.25, 0.3) is 5.91 Å². The molecule has 1 amide bonds. The van der Waals surface area contributed by atoms with Crippen LogP contribution in [0.15, 0.2) is 79.1 Å². The zero-order valence-corrected chi connectivity index (χ0v) is 12.8. The average molecular weight is 302 g/mol. The summed E-state index contributed by atoms with van der Waals surface area (Å²) < 4.78 is 0. The van der Waals surface area contributed by atoms with Gasteiger partial charge in [-0.05, 0) is 48.2 Å². The van der Waals surface area contributed by atoms with Gasteiger partial charge in [0.15, 0.2) is 0 Å². The quantitative estimate of drug-likeness (QED) is 0.770. The molecule has 0 saturated heterocycles. The average Bonchev–Trinajstić information content (AvgIpc) is 2.62. The molecule has 0 bridgehead atoms. The molecular weight excluding hydrogens is 284 g/mol. The molecule has 23 heavy (non-hydrogen) atoms. The molecule has 0 unspecified atom stereocenters.